The van der Waals surface area contributed by atoms with Crippen LogP contribution in [0.25, 0.3) is 0 Å². The quantitative estimate of drug-likeness (QED) is 0.793. The van der Waals surface area contributed by atoms with Crippen LogP contribution in [0.3, 0.4) is 0 Å². The highest BCUT2D eigenvalue weighted by Crippen LogP contribution is 2.26. The number of thiophene rings is 1. The molecule has 1 aromatic rings. The van der Waals surface area contributed by atoms with E-state index in [-0.39, 0.29) is 0 Å². The second-order valence-electron chi connectivity index (χ2n) is 3.33. The Morgan fingerprint density at radius 2 is 2.24 bits per heavy atom. The lowest BCUT2D eigenvalue weighted by molar-refractivity contribution is -0.123. The van der Waals surface area contributed by atoms with Crippen LogP contribution in [0.15, 0.2) is 6.07 Å². The number of carbonyl (C=O) groups excluding carboxylic acids is 3. The maximum absolute atomic E-state index is 11.6. The summed E-state index contributed by atoms with van der Waals surface area (Å²) in [5.41, 5.74) is 5.19. The topological polar surface area (TPSA) is 98.5 Å². The van der Waals surface area contributed by atoms with Gasteiger partial charge in [-0.1, -0.05) is 0 Å². The first kappa shape index (κ1) is 13.2. The van der Waals surface area contributed by atoms with Crippen LogP contribution in [0.4, 0.5) is 9.80 Å². The zero-order chi connectivity index (χ0) is 13.0. The molecule has 0 aromatic carbocycles. The summed E-state index contributed by atoms with van der Waals surface area (Å²) in [6, 6.07) is 1.66. The Balaban J connectivity index is 2.73. The molecule has 7 heteroatoms. The fourth-order valence-corrected chi connectivity index (χ4v) is 2.04. The molecule has 0 radical (unpaired) electrons. The highest BCUT2D eigenvalue weighted by molar-refractivity contribution is 7.16. The van der Waals surface area contributed by atoms with Gasteiger partial charge in [0.2, 0.25) is 0 Å². The van der Waals surface area contributed by atoms with Crippen LogP contribution in [0.2, 0.25) is 0 Å². The predicted molar refractivity (Wildman–Crippen MR) is 63.2 cm³/mol. The fourth-order valence-electron chi connectivity index (χ4n) is 1.16. The molecule has 1 unspecified atom stereocenters. The van der Waals surface area contributed by atoms with Crippen LogP contribution in [-0.4, -0.2) is 24.4 Å². The van der Waals surface area contributed by atoms with Crippen molar-refractivity contribution in [3.63, 3.8) is 0 Å². The number of aldehydes is 1. The summed E-state index contributed by atoms with van der Waals surface area (Å²) in [4.78, 5) is 33.6. The third-order valence-electron chi connectivity index (χ3n) is 1.91. The minimum absolute atomic E-state index is 0.395. The Bertz CT molecular complexity index is 455. The highest BCUT2D eigenvalue weighted by atomic mass is 32.1. The number of carbonyl (C=O) groups is 3. The molecule has 0 spiro atoms. The Kier molecular flexibility index (Phi) is 4.22. The van der Waals surface area contributed by atoms with E-state index >= 15 is 0 Å². The van der Waals surface area contributed by atoms with Gasteiger partial charge in [0.05, 0.1) is 0 Å². The van der Waals surface area contributed by atoms with Gasteiger partial charge in [0.25, 0.3) is 5.91 Å². The lowest BCUT2D eigenvalue weighted by Crippen LogP contribution is -2.31. The van der Waals surface area contributed by atoms with E-state index in [1.54, 1.807) is 6.07 Å². The summed E-state index contributed by atoms with van der Waals surface area (Å²) >= 11 is 1.27. The Labute approximate surface area is 102 Å². The van der Waals surface area contributed by atoms with E-state index in [0.29, 0.717) is 16.9 Å². The normalized spacial score (nSPS) is 11.6. The van der Waals surface area contributed by atoms with Gasteiger partial charge in [0, 0.05) is 10.4 Å². The van der Waals surface area contributed by atoms with Crippen molar-refractivity contribution in [3.8, 4) is 0 Å². The van der Waals surface area contributed by atoms with Crippen molar-refractivity contribution in [2.75, 3.05) is 5.32 Å². The third kappa shape index (κ3) is 3.56. The van der Waals surface area contributed by atoms with Gasteiger partial charge in [-0.3, -0.25) is 9.59 Å². The van der Waals surface area contributed by atoms with E-state index in [2.05, 4.69) is 10.1 Å². The molecule has 92 valence electrons. The van der Waals surface area contributed by atoms with Gasteiger partial charge in [-0.2, -0.15) is 0 Å². The summed E-state index contributed by atoms with van der Waals surface area (Å²) in [7, 11) is 0. The molecule has 6 nitrogen and oxygen atoms in total. The maximum atomic E-state index is 11.6. The smallest absolute Gasteiger partial charge is 0.405 e. The van der Waals surface area contributed by atoms with Gasteiger partial charge in [-0.05, 0) is 19.9 Å². The van der Waals surface area contributed by atoms with Crippen LogP contribution >= 0.6 is 11.3 Å². The summed E-state index contributed by atoms with van der Waals surface area (Å²) in [6.45, 7) is 3.21. The van der Waals surface area contributed by atoms with Crippen LogP contribution in [-0.2, 0) is 9.53 Å². The van der Waals surface area contributed by atoms with Crippen molar-refractivity contribution >= 4 is 34.6 Å². The first-order valence-electron chi connectivity index (χ1n) is 4.76. The number of hydrogen-bond donors (Lipinski definition) is 2. The number of aryl methyl sites for hydroxylation is 1. The molecule has 17 heavy (non-hydrogen) atoms. The molecule has 2 amide bonds. The van der Waals surface area contributed by atoms with Crippen molar-refractivity contribution < 1.29 is 19.1 Å². The standard InChI is InChI=1S/C10H12N2O4S/c1-5-3-7(4-13)9(17-5)12-8(14)6(2)16-10(11)15/h3-4,6H,1-2H3,(H2,11,15)(H,12,14). The zero-order valence-corrected chi connectivity index (χ0v) is 10.2. The summed E-state index contributed by atoms with van der Waals surface area (Å²) in [5, 5.41) is 2.94. The van der Waals surface area contributed by atoms with Gasteiger partial charge in [0.15, 0.2) is 12.4 Å². The number of rotatable bonds is 4. The molecule has 1 heterocycles. The molecule has 0 saturated heterocycles. The first-order chi connectivity index (χ1) is 7.93. The Morgan fingerprint density at radius 3 is 2.76 bits per heavy atom. The highest BCUT2D eigenvalue weighted by Gasteiger charge is 2.18. The Hall–Kier alpha value is -1.89. The van der Waals surface area contributed by atoms with E-state index in [0.717, 1.165) is 4.88 Å². The average Bonchev–Trinajstić information content (AvgIpc) is 2.57. The average molecular weight is 256 g/mol. The summed E-state index contributed by atoms with van der Waals surface area (Å²) in [6.07, 6.45) is -1.38. The molecule has 0 aliphatic heterocycles. The van der Waals surface area contributed by atoms with E-state index in [1.807, 2.05) is 6.92 Å². The van der Waals surface area contributed by atoms with E-state index < -0.39 is 18.1 Å². The van der Waals surface area contributed by atoms with Crippen molar-refractivity contribution in [2.45, 2.75) is 20.0 Å². The van der Waals surface area contributed by atoms with E-state index in [1.165, 1.54) is 18.3 Å². The van der Waals surface area contributed by atoms with Gasteiger partial charge in [-0.15, -0.1) is 11.3 Å². The number of nitrogens with two attached hydrogens (primary N) is 1. The van der Waals surface area contributed by atoms with E-state index in [4.69, 9.17) is 5.73 Å². The molecule has 0 fully saturated rings. The Morgan fingerprint density at radius 1 is 1.59 bits per heavy atom. The lowest BCUT2D eigenvalue weighted by atomic mass is 10.3. The van der Waals surface area contributed by atoms with Crippen molar-refractivity contribution in [3.05, 3.63) is 16.5 Å². The molecule has 0 aliphatic carbocycles. The third-order valence-corrected chi connectivity index (χ3v) is 2.89. The number of ether oxygens (including phenoxy) is 1. The van der Waals surface area contributed by atoms with Crippen molar-refractivity contribution in [2.24, 2.45) is 5.73 Å². The fraction of sp³-hybridized carbons (Fsp3) is 0.300. The molecule has 0 aliphatic rings. The number of hydrogen-bond acceptors (Lipinski definition) is 5. The molecule has 1 aromatic heterocycles. The largest absolute Gasteiger partial charge is 0.437 e. The van der Waals surface area contributed by atoms with Crippen molar-refractivity contribution in [1.82, 2.24) is 0 Å². The maximum Gasteiger partial charge on any atom is 0.405 e. The summed E-state index contributed by atoms with van der Waals surface area (Å²) < 4.78 is 4.51. The summed E-state index contributed by atoms with van der Waals surface area (Å²) in [5.74, 6) is -0.534. The predicted octanol–water partition coefficient (Wildman–Crippen LogP) is 1.29. The second kappa shape index (κ2) is 5.44. The molecule has 3 N–H and O–H groups in total. The number of anilines is 1. The van der Waals surface area contributed by atoms with Gasteiger partial charge in [0.1, 0.15) is 5.00 Å². The minimum atomic E-state index is -1.02. The lowest BCUT2D eigenvalue weighted by Gasteiger charge is -2.10. The molecule has 0 bridgehead atoms. The van der Waals surface area contributed by atoms with Crippen LogP contribution in [0.1, 0.15) is 22.2 Å². The second-order valence-corrected chi connectivity index (χ2v) is 4.58. The molecule has 1 rings (SSSR count). The minimum Gasteiger partial charge on any atom is -0.437 e. The van der Waals surface area contributed by atoms with Gasteiger partial charge >= 0.3 is 6.09 Å². The van der Waals surface area contributed by atoms with E-state index in [9.17, 15) is 14.4 Å². The van der Waals surface area contributed by atoms with Crippen LogP contribution < -0.4 is 11.1 Å². The van der Waals surface area contributed by atoms with Gasteiger partial charge in [-0.25, -0.2) is 4.79 Å². The SMILES string of the molecule is Cc1cc(C=O)c(NC(=O)C(C)OC(N)=O)s1. The zero-order valence-electron chi connectivity index (χ0n) is 9.35. The molecule has 1 atom stereocenters. The first-order valence-corrected chi connectivity index (χ1v) is 5.58. The van der Waals surface area contributed by atoms with Crippen molar-refractivity contribution in [1.29, 1.82) is 0 Å². The molecular weight excluding hydrogens is 244 g/mol. The monoisotopic (exact) mass is 256 g/mol. The molecular formula is C10H12N2O4S. The van der Waals surface area contributed by atoms with Crippen LogP contribution in [0.5, 0.6) is 0 Å². The van der Waals surface area contributed by atoms with Crippen LogP contribution in [0, 0.1) is 6.92 Å². The number of amides is 2. The number of primary amides is 1. The number of nitrogens with one attached hydrogen (secondary N) is 1. The molecule has 0 saturated carbocycles. The van der Waals surface area contributed by atoms with Gasteiger partial charge < -0.3 is 15.8 Å².